The Labute approximate surface area is 93.2 Å². The maximum absolute atomic E-state index is 3.86. The Bertz CT molecular complexity index is 339. The van der Waals surface area contributed by atoms with E-state index in [0.717, 1.165) is 0 Å². The highest BCUT2D eigenvalue weighted by Gasteiger charge is 2.36. The first-order valence-electron chi connectivity index (χ1n) is 5.65. The molecule has 1 nitrogen and oxygen atoms in total. The summed E-state index contributed by atoms with van der Waals surface area (Å²) in [5.41, 5.74) is 2.80. The standard InChI is InChI=1S/C12H15N.C2H6/c1-4-11-12(2,3)9-7-5-6-8-10(9)13-11;1-2/h4-8,11,13H,1H2,2-3H3;1-2H3. The highest BCUT2D eigenvalue weighted by molar-refractivity contribution is 5.62. The molecule has 15 heavy (non-hydrogen) atoms. The van der Waals surface area contributed by atoms with Crippen LogP contribution in [0.25, 0.3) is 0 Å². The largest absolute Gasteiger partial charge is 0.378 e. The Morgan fingerprint density at radius 1 is 1.27 bits per heavy atom. The van der Waals surface area contributed by atoms with E-state index in [2.05, 4.69) is 50.0 Å². The third kappa shape index (κ3) is 1.92. The Hall–Kier alpha value is -1.24. The molecule has 1 aliphatic heterocycles. The van der Waals surface area contributed by atoms with Crippen molar-refractivity contribution in [2.75, 3.05) is 5.32 Å². The molecule has 0 fully saturated rings. The molecule has 0 radical (unpaired) electrons. The zero-order valence-electron chi connectivity index (χ0n) is 10.2. The van der Waals surface area contributed by atoms with Crippen molar-refractivity contribution in [2.24, 2.45) is 0 Å². The van der Waals surface area contributed by atoms with Crippen molar-refractivity contribution in [3.8, 4) is 0 Å². The SMILES string of the molecule is C=CC1Nc2ccccc2C1(C)C.CC. The van der Waals surface area contributed by atoms with Crippen LogP contribution in [0.1, 0.15) is 33.3 Å². The quantitative estimate of drug-likeness (QED) is 0.681. The molecule has 1 N–H and O–H groups in total. The number of rotatable bonds is 1. The Kier molecular flexibility index (Phi) is 3.57. The predicted molar refractivity (Wildman–Crippen MR) is 68.4 cm³/mol. The van der Waals surface area contributed by atoms with E-state index in [1.807, 2.05) is 19.9 Å². The van der Waals surface area contributed by atoms with Crippen molar-refractivity contribution >= 4 is 5.69 Å². The molecular weight excluding hydrogens is 182 g/mol. The number of benzene rings is 1. The Balaban J connectivity index is 0.000000531. The van der Waals surface area contributed by atoms with Crippen molar-refractivity contribution in [3.05, 3.63) is 42.5 Å². The van der Waals surface area contributed by atoms with Gasteiger partial charge in [-0.3, -0.25) is 0 Å². The maximum atomic E-state index is 3.86. The second kappa shape index (κ2) is 4.52. The Morgan fingerprint density at radius 2 is 1.87 bits per heavy atom. The first-order valence-corrected chi connectivity index (χ1v) is 5.65. The van der Waals surface area contributed by atoms with Gasteiger partial charge >= 0.3 is 0 Å². The van der Waals surface area contributed by atoms with E-state index in [-0.39, 0.29) is 5.41 Å². The second-order valence-corrected chi connectivity index (χ2v) is 4.12. The predicted octanol–water partition coefficient (Wildman–Crippen LogP) is 3.97. The summed E-state index contributed by atoms with van der Waals surface area (Å²) in [6, 6.07) is 8.82. The average molecular weight is 203 g/mol. The summed E-state index contributed by atoms with van der Waals surface area (Å²) in [6.07, 6.45) is 1.99. The average Bonchev–Trinajstić information content (AvgIpc) is 2.54. The number of hydrogen-bond acceptors (Lipinski definition) is 1. The number of anilines is 1. The summed E-state index contributed by atoms with van der Waals surface area (Å²) in [5.74, 6) is 0. The van der Waals surface area contributed by atoms with Crippen LogP contribution in [-0.2, 0) is 5.41 Å². The fourth-order valence-corrected chi connectivity index (χ4v) is 2.04. The lowest BCUT2D eigenvalue weighted by molar-refractivity contribution is 0.518. The van der Waals surface area contributed by atoms with Crippen LogP contribution in [-0.4, -0.2) is 6.04 Å². The van der Waals surface area contributed by atoms with E-state index in [9.17, 15) is 0 Å². The van der Waals surface area contributed by atoms with Crippen LogP contribution in [0.3, 0.4) is 0 Å². The lowest BCUT2D eigenvalue weighted by Crippen LogP contribution is -2.30. The van der Waals surface area contributed by atoms with Gasteiger partial charge in [0.2, 0.25) is 0 Å². The molecule has 1 atom stereocenters. The van der Waals surface area contributed by atoms with E-state index in [1.165, 1.54) is 11.3 Å². The van der Waals surface area contributed by atoms with Crippen LogP contribution >= 0.6 is 0 Å². The summed E-state index contributed by atoms with van der Waals surface area (Å²) < 4.78 is 0. The Morgan fingerprint density at radius 3 is 2.40 bits per heavy atom. The minimum absolute atomic E-state index is 0.165. The van der Waals surface area contributed by atoms with E-state index in [4.69, 9.17) is 0 Å². The first-order chi connectivity index (χ1) is 7.16. The number of fused-ring (bicyclic) bond motifs is 1. The molecule has 2 rings (SSSR count). The molecule has 0 saturated heterocycles. The molecule has 0 bridgehead atoms. The van der Waals surface area contributed by atoms with E-state index in [1.54, 1.807) is 0 Å². The summed E-state index contributed by atoms with van der Waals surface area (Å²) in [7, 11) is 0. The van der Waals surface area contributed by atoms with Gasteiger partial charge in [-0.15, -0.1) is 6.58 Å². The molecule has 1 aromatic rings. The topological polar surface area (TPSA) is 12.0 Å². The molecule has 1 aliphatic rings. The number of para-hydroxylation sites is 1. The van der Waals surface area contributed by atoms with Crippen molar-refractivity contribution < 1.29 is 0 Å². The summed E-state index contributed by atoms with van der Waals surface area (Å²) in [6.45, 7) is 12.4. The zero-order chi connectivity index (χ0) is 11.5. The van der Waals surface area contributed by atoms with Gasteiger partial charge in [-0.2, -0.15) is 0 Å². The molecule has 0 aliphatic carbocycles. The van der Waals surface area contributed by atoms with Gasteiger partial charge in [0.15, 0.2) is 0 Å². The van der Waals surface area contributed by atoms with Crippen LogP contribution in [0.2, 0.25) is 0 Å². The fraction of sp³-hybridized carbons (Fsp3) is 0.429. The first kappa shape index (κ1) is 11.8. The van der Waals surface area contributed by atoms with Crippen molar-refractivity contribution in [3.63, 3.8) is 0 Å². The monoisotopic (exact) mass is 203 g/mol. The highest BCUT2D eigenvalue weighted by atomic mass is 15.0. The smallest absolute Gasteiger partial charge is 0.0534 e. The van der Waals surface area contributed by atoms with E-state index in [0.29, 0.717) is 6.04 Å². The van der Waals surface area contributed by atoms with Crippen molar-refractivity contribution in [2.45, 2.75) is 39.2 Å². The highest BCUT2D eigenvalue weighted by Crippen LogP contribution is 2.40. The molecular formula is C14H21N. The van der Waals surface area contributed by atoms with Gasteiger partial charge < -0.3 is 5.32 Å². The second-order valence-electron chi connectivity index (χ2n) is 4.12. The molecule has 0 saturated carbocycles. The van der Waals surface area contributed by atoms with Gasteiger partial charge in [0.25, 0.3) is 0 Å². The van der Waals surface area contributed by atoms with Gasteiger partial charge in [-0.1, -0.05) is 52.0 Å². The van der Waals surface area contributed by atoms with E-state index >= 15 is 0 Å². The molecule has 0 amide bonds. The van der Waals surface area contributed by atoms with Gasteiger partial charge in [0, 0.05) is 11.1 Å². The lowest BCUT2D eigenvalue weighted by atomic mass is 9.81. The normalized spacial score (nSPS) is 20.7. The number of nitrogens with one attached hydrogen (secondary N) is 1. The lowest BCUT2D eigenvalue weighted by Gasteiger charge is -2.24. The molecule has 1 unspecified atom stereocenters. The molecule has 0 spiro atoms. The van der Waals surface area contributed by atoms with Gasteiger partial charge in [0.05, 0.1) is 6.04 Å². The van der Waals surface area contributed by atoms with Crippen LogP contribution in [0.5, 0.6) is 0 Å². The minimum Gasteiger partial charge on any atom is -0.378 e. The van der Waals surface area contributed by atoms with Crippen LogP contribution in [0.15, 0.2) is 36.9 Å². The van der Waals surface area contributed by atoms with Crippen LogP contribution in [0.4, 0.5) is 5.69 Å². The summed E-state index contributed by atoms with van der Waals surface area (Å²) in [4.78, 5) is 0. The van der Waals surface area contributed by atoms with Crippen molar-refractivity contribution in [1.29, 1.82) is 0 Å². The number of hydrogen-bond donors (Lipinski definition) is 1. The van der Waals surface area contributed by atoms with Crippen LogP contribution in [0, 0.1) is 0 Å². The van der Waals surface area contributed by atoms with Gasteiger partial charge in [0.1, 0.15) is 0 Å². The molecule has 1 heteroatoms. The maximum Gasteiger partial charge on any atom is 0.0534 e. The van der Waals surface area contributed by atoms with Crippen molar-refractivity contribution in [1.82, 2.24) is 0 Å². The van der Waals surface area contributed by atoms with Gasteiger partial charge in [-0.25, -0.2) is 0 Å². The minimum atomic E-state index is 0.165. The van der Waals surface area contributed by atoms with Crippen LogP contribution < -0.4 is 5.32 Å². The molecule has 1 aromatic carbocycles. The van der Waals surface area contributed by atoms with E-state index < -0.39 is 0 Å². The molecule has 82 valence electrons. The third-order valence-corrected chi connectivity index (χ3v) is 2.95. The summed E-state index contributed by atoms with van der Waals surface area (Å²) in [5, 5.41) is 3.46. The van der Waals surface area contributed by atoms with Gasteiger partial charge in [-0.05, 0) is 11.6 Å². The third-order valence-electron chi connectivity index (χ3n) is 2.95. The zero-order valence-corrected chi connectivity index (χ0v) is 10.2. The fourth-order valence-electron chi connectivity index (χ4n) is 2.04. The molecule has 0 aromatic heterocycles. The summed E-state index contributed by atoms with van der Waals surface area (Å²) >= 11 is 0. The molecule has 1 heterocycles.